The lowest BCUT2D eigenvalue weighted by atomic mass is 10.0. The molecule has 0 aliphatic carbocycles. The zero-order chi connectivity index (χ0) is 34.6. The Morgan fingerprint density at radius 2 is 0.925 bits per heavy atom. The Hall–Kier alpha value is -6.68. The summed E-state index contributed by atoms with van der Waals surface area (Å²) >= 11 is 1.88. The van der Waals surface area contributed by atoms with Crippen LogP contribution in [-0.2, 0) is 0 Å². The molecule has 0 bridgehead atoms. The SMILES string of the molecule is c1ccc2cc(-n3c4ccc(-c5ccc6c(c5)c5ccccc5n6-c5cccc6ccccc56)cc4c4cc5sc6ccccc6c5cc43)ccc2c1. The summed E-state index contributed by atoms with van der Waals surface area (Å²) in [5.41, 5.74) is 9.71. The predicted molar refractivity (Wildman–Crippen MR) is 228 cm³/mol. The first-order chi connectivity index (χ1) is 26.3. The molecule has 53 heavy (non-hydrogen) atoms. The second-order valence-corrected chi connectivity index (χ2v) is 15.2. The van der Waals surface area contributed by atoms with Crippen LogP contribution in [-0.4, -0.2) is 9.13 Å². The zero-order valence-electron chi connectivity index (χ0n) is 28.6. The van der Waals surface area contributed by atoms with Crippen molar-refractivity contribution in [3.05, 3.63) is 182 Å². The van der Waals surface area contributed by atoms with Crippen molar-refractivity contribution in [1.82, 2.24) is 9.13 Å². The van der Waals surface area contributed by atoms with Gasteiger partial charge in [0.15, 0.2) is 0 Å². The Labute approximate surface area is 309 Å². The molecule has 3 heterocycles. The molecule has 0 saturated heterocycles. The van der Waals surface area contributed by atoms with Crippen molar-refractivity contribution in [3.63, 3.8) is 0 Å². The van der Waals surface area contributed by atoms with E-state index in [0.717, 1.165) is 0 Å². The fourth-order valence-electron chi connectivity index (χ4n) is 8.83. The van der Waals surface area contributed by atoms with Crippen molar-refractivity contribution < 1.29 is 0 Å². The Morgan fingerprint density at radius 1 is 0.302 bits per heavy atom. The average molecular weight is 691 g/mol. The molecule has 9 aromatic carbocycles. The van der Waals surface area contributed by atoms with Gasteiger partial charge in [-0.1, -0.05) is 115 Å². The van der Waals surface area contributed by atoms with Crippen molar-refractivity contribution in [1.29, 1.82) is 0 Å². The first-order valence-corrected chi connectivity index (χ1v) is 19.0. The number of fused-ring (bicyclic) bond motifs is 11. The fourth-order valence-corrected chi connectivity index (χ4v) is 9.95. The predicted octanol–water partition coefficient (Wildman–Crippen LogP) is 14.2. The molecule has 0 spiro atoms. The molecular formula is C50H30N2S. The Kier molecular flexibility index (Phi) is 5.96. The van der Waals surface area contributed by atoms with Gasteiger partial charge >= 0.3 is 0 Å². The summed E-state index contributed by atoms with van der Waals surface area (Å²) in [4.78, 5) is 0. The summed E-state index contributed by atoms with van der Waals surface area (Å²) in [5, 5.41) is 12.7. The Bertz CT molecular complexity index is 3460. The number of rotatable bonds is 3. The topological polar surface area (TPSA) is 9.86 Å². The highest BCUT2D eigenvalue weighted by atomic mass is 32.1. The van der Waals surface area contributed by atoms with Crippen molar-refractivity contribution >= 4 is 96.7 Å². The minimum Gasteiger partial charge on any atom is -0.309 e. The summed E-state index contributed by atoms with van der Waals surface area (Å²) in [5.74, 6) is 0. The Morgan fingerprint density at radius 3 is 1.77 bits per heavy atom. The molecule has 0 radical (unpaired) electrons. The van der Waals surface area contributed by atoms with Gasteiger partial charge in [0.05, 0.1) is 27.8 Å². The first kappa shape index (κ1) is 29.0. The molecule has 0 saturated carbocycles. The molecular weight excluding hydrogens is 661 g/mol. The van der Waals surface area contributed by atoms with Crippen LogP contribution in [0.4, 0.5) is 0 Å². The van der Waals surface area contributed by atoms with E-state index in [2.05, 4.69) is 191 Å². The van der Waals surface area contributed by atoms with Crippen LogP contribution in [0.2, 0.25) is 0 Å². The van der Waals surface area contributed by atoms with E-state index in [0.29, 0.717) is 0 Å². The lowest BCUT2D eigenvalue weighted by molar-refractivity contribution is 1.19. The van der Waals surface area contributed by atoms with E-state index in [4.69, 9.17) is 0 Å². The molecule has 2 nitrogen and oxygen atoms in total. The molecule has 246 valence electrons. The molecule has 0 atom stereocenters. The summed E-state index contributed by atoms with van der Waals surface area (Å²) in [6.07, 6.45) is 0. The van der Waals surface area contributed by atoms with Gasteiger partial charge in [-0.25, -0.2) is 0 Å². The molecule has 12 aromatic rings. The number of thiophene rings is 1. The maximum Gasteiger partial charge on any atom is 0.0548 e. The second kappa shape index (κ2) is 10.9. The minimum absolute atomic E-state index is 1.18. The van der Waals surface area contributed by atoms with Crippen LogP contribution in [0.5, 0.6) is 0 Å². The highest BCUT2D eigenvalue weighted by Crippen LogP contribution is 2.43. The highest BCUT2D eigenvalue weighted by Gasteiger charge is 2.19. The molecule has 0 aliphatic heterocycles. The largest absolute Gasteiger partial charge is 0.309 e. The maximum absolute atomic E-state index is 2.47. The molecule has 0 N–H and O–H groups in total. The van der Waals surface area contributed by atoms with Crippen molar-refractivity contribution in [2.75, 3.05) is 0 Å². The zero-order valence-corrected chi connectivity index (χ0v) is 29.4. The normalized spacial score (nSPS) is 12.2. The van der Waals surface area contributed by atoms with Gasteiger partial charge < -0.3 is 9.13 Å². The number of hydrogen-bond acceptors (Lipinski definition) is 1. The van der Waals surface area contributed by atoms with Gasteiger partial charge in [-0.15, -0.1) is 11.3 Å². The number of nitrogens with zero attached hydrogens (tertiary/aromatic N) is 2. The summed E-state index contributed by atoms with van der Waals surface area (Å²) in [7, 11) is 0. The maximum atomic E-state index is 2.47. The van der Waals surface area contributed by atoms with Crippen molar-refractivity contribution in [2.24, 2.45) is 0 Å². The van der Waals surface area contributed by atoms with E-state index >= 15 is 0 Å². The van der Waals surface area contributed by atoms with Crippen LogP contribution < -0.4 is 0 Å². The van der Waals surface area contributed by atoms with E-state index in [9.17, 15) is 0 Å². The summed E-state index contributed by atoms with van der Waals surface area (Å²) in [6, 6.07) is 67.3. The van der Waals surface area contributed by atoms with Crippen LogP contribution in [0, 0.1) is 0 Å². The Balaban J connectivity index is 1.11. The van der Waals surface area contributed by atoms with Gasteiger partial charge in [-0.05, 0) is 94.0 Å². The number of hydrogen-bond donors (Lipinski definition) is 0. The van der Waals surface area contributed by atoms with E-state index in [1.54, 1.807) is 0 Å². The average Bonchev–Trinajstić information content (AvgIpc) is 3.86. The van der Waals surface area contributed by atoms with E-state index < -0.39 is 0 Å². The standard InChI is InChI=1S/C50H30N2S/c1-2-12-33-26-36(23-20-31(33)10-1)51-46-24-21-35(28-41(46)42-30-50-43(29-48(42)51)39-16-6-8-19-49(39)53-50)34-22-25-47-40(27-34)38-15-5-7-17-45(38)52(47)44-18-9-13-32-11-3-4-14-37(32)44/h1-30H. The van der Waals surface area contributed by atoms with Crippen LogP contribution >= 0.6 is 11.3 Å². The van der Waals surface area contributed by atoms with Gasteiger partial charge in [0.1, 0.15) is 0 Å². The van der Waals surface area contributed by atoms with Crippen LogP contribution in [0.3, 0.4) is 0 Å². The van der Waals surface area contributed by atoms with Crippen LogP contribution in [0.1, 0.15) is 0 Å². The van der Waals surface area contributed by atoms with Crippen LogP contribution in [0.15, 0.2) is 182 Å². The number of aromatic nitrogens is 2. The smallest absolute Gasteiger partial charge is 0.0548 e. The molecule has 12 rings (SSSR count). The quantitative estimate of drug-likeness (QED) is 0.175. The third kappa shape index (κ3) is 4.20. The lowest BCUT2D eigenvalue weighted by Crippen LogP contribution is -1.95. The molecule has 0 unspecified atom stereocenters. The minimum atomic E-state index is 1.18. The highest BCUT2D eigenvalue weighted by molar-refractivity contribution is 7.25. The van der Waals surface area contributed by atoms with E-state index in [-0.39, 0.29) is 0 Å². The molecule has 0 aliphatic rings. The van der Waals surface area contributed by atoms with Crippen molar-refractivity contribution in [2.45, 2.75) is 0 Å². The summed E-state index contributed by atoms with van der Waals surface area (Å²) < 4.78 is 7.55. The van der Waals surface area contributed by atoms with Gasteiger partial charge in [0.25, 0.3) is 0 Å². The molecule has 3 heteroatoms. The van der Waals surface area contributed by atoms with E-state index in [1.165, 1.54) is 108 Å². The van der Waals surface area contributed by atoms with Gasteiger partial charge in [-0.3, -0.25) is 0 Å². The monoisotopic (exact) mass is 690 g/mol. The summed E-state index contributed by atoms with van der Waals surface area (Å²) in [6.45, 7) is 0. The molecule has 3 aromatic heterocycles. The lowest BCUT2D eigenvalue weighted by Gasteiger charge is -2.12. The van der Waals surface area contributed by atoms with E-state index in [1.807, 2.05) is 11.3 Å². The van der Waals surface area contributed by atoms with Gasteiger partial charge in [-0.2, -0.15) is 0 Å². The third-order valence-electron chi connectivity index (χ3n) is 11.3. The van der Waals surface area contributed by atoms with Gasteiger partial charge in [0.2, 0.25) is 0 Å². The van der Waals surface area contributed by atoms with Gasteiger partial charge in [0, 0.05) is 52.8 Å². The van der Waals surface area contributed by atoms with Crippen LogP contribution in [0.25, 0.3) is 108 Å². The number of para-hydroxylation sites is 1. The molecule has 0 amide bonds. The number of benzene rings is 9. The third-order valence-corrected chi connectivity index (χ3v) is 12.4. The first-order valence-electron chi connectivity index (χ1n) is 18.2. The second-order valence-electron chi connectivity index (χ2n) is 14.1. The fraction of sp³-hybridized carbons (Fsp3) is 0. The molecule has 0 fully saturated rings. The van der Waals surface area contributed by atoms with Crippen molar-refractivity contribution in [3.8, 4) is 22.5 Å².